The Kier molecular flexibility index (Phi) is 5.52. The number of rotatable bonds is 3. The number of carbonyl (C=O) groups excluding carboxylic acids is 1. The number of carbonyl (C=O) groups is 1. The van der Waals surface area contributed by atoms with E-state index in [0.717, 1.165) is 35.9 Å². The fraction of sp³-hybridized carbons (Fsp3) is 0.500. The van der Waals surface area contributed by atoms with E-state index in [-0.39, 0.29) is 11.3 Å². The molecule has 0 aromatic heterocycles. The summed E-state index contributed by atoms with van der Waals surface area (Å²) in [5.74, 6) is -0.404. The van der Waals surface area contributed by atoms with Crippen LogP contribution < -0.4 is 5.32 Å². The number of benzene rings is 1. The third-order valence-corrected chi connectivity index (χ3v) is 5.20. The summed E-state index contributed by atoms with van der Waals surface area (Å²) in [7, 11) is 0. The molecule has 1 saturated heterocycles. The second kappa shape index (κ2) is 6.78. The lowest BCUT2D eigenvalue weighted by Crippen LogP contribution is -2.90. The van der Waals surface area contributed by atoms with E-state index in [2.05, 4.69) is 27.9 Å². The molecule has 3 N–H and O–H groups in total. The number of phenolic OH excluding ortho intramolecular Hbond substituents is 1. The summed E-state index contributed by atoms with van der Waals surface area (Å²) in [6.45, 7) is 3.94. The van der Waals surface area contributed by atoms with Crippen molar-refractivity contribution in [2.75, 3.05) is 13.1 Å². The van der Waals surface area contributed by atoms with Gasteiger partial charge in [-0.15, -0.1) is 0 Å². The van der Waals surface area contributed by atoms with Crippen molar-refractivity contribution < 1.29 is 20.0 Å². The van der Waals surface area contributed by atoms with Crippen LogP contribution in [0, 0.1) is 7.14 Å². The van der Waals surface area contributed by atoms with Gasteiger partial charge in [0.2, 0.25) is 0 Å². The number of hydrogen-bond acceptors (Lipinski definition) is 3. The van der Waals surface area contributed by atoms with Crippen molar-refractivity contribution >= 4 is 51.2 Å². The summed E-state index contributed by atoms with van der Waals surface area (Å²) in [6.07, 6.45) is 2.75. The number of phenols is 1. The largest absolute Gasteiger partial charge is 0.506 e. The normalized spacial score (nSPS) is 22.6. The van der Waals surface area contributed by atoms with Crippen LogP contribution in [0.15, 0.2) is 12.1 Å². The lowest BCUT2D eigenvalue weighted by Gasteiger charge is -2.34. The fourth-order valence-electron chi connectivity index (χ4n) is 2.49. The summed E-state index contributed by atoms with van der Waals surface area (Å²) in [6, 6.07) is 3.51. The molecule has 0 amide bonds. The van der Waals surface area contributed by atoms with Crippen molar-refractivity contribution in [1.82, 2.24) is 0 Å². The van der Waals surface area contributed by atoms with E-state index in [1.54, 1.807) is 6.07 Å². The van der Waals surface area contributed by atoms with Crippen LogP contribution in [0.3, 0.4) is 0 Å². The molecule has 0 spiro atoms. The van der Waals surface area contributed by atoms with Gasteiger partial charge in [0, 0.05) is 9.99 Å². The molecular formula is C14H18I2NO3+. The zero-order chi connectivity index (χ0) is 14.8. The first-order valence-electron chi connectivity index (χ1n) is 6.70. The number of halogens is 2. The number of nitrogens with two attached hydrogens (primary N) is 1. The van der Waals surface area contributed by atoms with Gasteiger partial charge in [0.05, 0.1) is 10.1 Å². The Hall–Kier alpha value is -0.0900. The number of piperidine rings is 1. The minimum Gasteiger partial charge on any atom is -0.506 e. The molecule has 1 unspecified atom stereocenters. The van der Waals surface area contributed by atoms with Gasteiger partial charge < -0.3 is 15.2 Å². The van der Waals surface area contributed by atoms with Crippen molar-refractivity contribution in [1.29, 1.82) is 0 Å². The molecule has 0 saturated carbocycles. The van der Waals surface area contributed by atoms with Crippen LogP contribution in [0.1, 0.15) is 36.5 Å². The summed E-state index contributed by atoms with van der Waals surface area (Å²) in [4.78, 5) is 12.4. The highest BCUT2D eigenvalue weighted by Gasteiger charge is 2.37. The predicted octanol–water partition coefficient (Wildman–Crippen LogP) is 2.26. The molecule has 0 bridgehead atoms. The predicted molar refractivity (Wildman–Crippen MR) is 92.9 cm³/mol. The van der Waals surface area contributed by atoms with Crippen molar-refractivity contribution in [2.45, 2.75) is 31.8 Å². The molecule has 4 nitrogen and oxygen atoms in total. The monoisotopic (exact) mass is 502 g/mol. The SMILES string of the molecule is CCC1(OC(=O)c2cc(I)cc(I)c2O)CCC[NH2+]C1. The van der Waals surface area contributed by atoms with Gasteiger partial charge in [0.1, 0.15) is 17.9 Å². The molecular weight excluding hydrogens is 484 g/mol. The second-order valence-electron chi connectivity index (χ2n) is 5.09. The molecule has 110 valence electrons. The average Bonchev–Trinajstić information content (AvgIpc) is 2.43. The van der Waals surface area contributed by atoms with E-state index in [1.165, 1.54) is 0 Å². The number of quaternary nitrogens is 1. The standard InChI is InChI=1S/C14H17I2NO3/c1-2-14(4-3-5-17-8-14)20-13(19)10-6-9(15)7-11(16)12(10)18/h6-7,17-18H,2-5,8H2,1H3/p+1. The minimum absolute atomic E-state index is 0.0158. The smallest absolute Gasteiger partial charge is 0.342 e. The Morgan fingerprint density at radius 3 is 2.85 bits per heavy atom. The molecule has 1 aromatic carbocycles. The average molecular weight is 502 g/mol. The maximum absolute atomic E-state index is 12.4. The van der Waals surface area contributed by atoms with E-state index in [4.69, 9.17) is 4.74 Å². The van der Waals surface area contributed by atoms with E-state index in [1.807, 2.05) is 35.6 Å². The van der Waals surface area contributed by atoms with Gasteiger partial charge in [-0.25, -0.2) is 4.79 Å². The van der Waals surface area contributed by atoms with Gasteiger partial charge in [-0.05, 0) is 70.2 Å². The Bertz CT molecular complexity index is 513. The molecule has 1 heterocycles. The number of ether oxygens (including phenoxy) is 1. The molecule has 1 aliphatic heterocycles. The molecule has 1 aliphatic rings. The first-order valence-corrected chi connectivity index (χ1v) is 8.86. The first kappa shape index (κ1) is 16.3. The quantitative estimate of drug-likeness (QED) is 0.493. The molecule has 20 heavy (non-hydrogen) atoms. The van der Waals surface area contributed by atoms with Crippen molar-refractivity contribution in [3.8, 4) is 5.75 Å². The van der Waals surface area contributed by atoms with Crippen molar-refractivity contribution in [3.05, 3.63) is 24.8 Å². The van der Waals surface area contributed by atoms with Gasteiger partial charge in [0.15, 0.2) is 5.60 Å². The minimum atomic E-state index is -0.420. The van der Waals surface area contributed by atoms with Crippen LogP contribution in [0.25, 0.3) is 0 Å². The van der Waals surface area contributed by atoms with E-state index in [9.17, 15) is 9.90 Å². The Labute approximate surface area is 145 Å². The van der Waals surface area contributed by atoms with Crippen LogP contribution in [-0.2, 0) is 4.74 Å². The lowest BCUT2D eigenvalue weighted by atomic mass is 9.91. The van der Waals surface area contributed by atoms with Crippen molar-refractivity contribution in [3.63, 3.8) is 0 Å². The van der Waals surface area contributed by atoms with Gasteiger partial charge in [-0.1, -0.05) is 6.92 Å². The van der Waals surface area contributed by atoms with Crippen LogP contribution >= 0.6 is 45.2 Å². The Balaban J connectivity index is 2.23. The zero-order valence-corrected chi connectivity index (χ0v) is 15.6. The maximum atomic E-state index is 12.4. The lowest BCUT2D eigenvalue weighted by molar-refractivity contribution is -0.676. The summed E-state index contributed by atoms with van der Waals surface area (Å²) in [5, 5.41) is 12.3. The molecule has 1 atom stereocenters. The van der Waals surface area contributed by atoms with Crippen LogP contribution in [0.5, 0.6) is 5.75 Å². The molecule has 0 aliphatic carbocycles. The van der Waals surface area contributed by atoms with Crippen LogP contribution in [0.2, 0.25) is 0 Å². The van der Waals surface area contributed by atoms with Gasteiger partial charge in [-0.3, -0.25) is 0 Å². The van der Waals surface area contributed by atoms with Crippen LogP contribution in [0.4, 0.5) is 0 Å². The van der Waals surface area contributed by atoms with Gasteiger partial charge >= 0.3 is 5.97 Å². The molecule has 0 radical (unpaired) electrons. The fourth-order valence-corrected chi connectivity index (χ4v) is 4.34. The summed E-state index contributed by atoms with van der Waals surface area (Å²) < 4.78 is 7.35. The number of aromatic hydroxyl groups is 1. The first-order chi connectivity index (χ1) is 9.47. The number of esters is 1. The Morgan fingerprint density at radius 2 is 2.25 bits per heavy atom. The molecule has 1 fully saturated rings. The third kappa shape index (κ3) is 3.56. The molecule has 1 aromatic rings. The van der Waals surface area contributed by atoms with E-state index in [0.29, 0.717) is 3.57 Å². The van der Waals surface area contributed by atoms with Crippen molar-refractivity contribution in [2.24, 2.45) is 0 Å². The van der Waals surface area contributed by atoms with E-state index < -0.39 is 11.6 Å². The highest BCUT2D eigenvalue weighted by molar-refractivity contribution is 14.1. The molecule has 6 heteroatoms. The Morgan fingerprint density at radius 1 is 1.50 bits per heavy atom. The van der Waals surface area contributed by atoms with Gasteiger partial charge in [-0.2, -0.15) is 0 Å². The second-order valence-corrected chi connectivity index (χ2v) is 7.50. The zero-order valence-electron chi connectivity index (χ0n) is 11.3. The van der Waals surface area contributed by atoms with Gasteiger partial charge in [0.25, 0.3) is 0 Å². The molecule has 2 rings (SSSR count). The van der Waals surface area contributed by atoms with E-state index >= 15 is 0 Å². The highest BCUT2D eigenvalue weighted by atomic mass is 127. The highest BCUT2D eigenvalue weighted by Crippen LogP contribution is 2.30. The summed E-state index contributed by atoms with van der Waals surface area (Å²) >= 11 is 4.16. The third-order valence-electron chi connectivity index (χ3n) is 3.76. The summed E-state index contributed by atoms with van der Waals surface area (Å²) in [5.41, 5.74) is -0.131. The number of hydrogen-bond donors (Lipinski definition) is 2. The topological polar surface area (TPSA) is 63.1 Å². The van der Waals surface area contributed by atoms with Crippen LogP contribution in [-0.4, -0.2) is 29.8 Å². The maximum Gasteiger partial charge on any atom is 0.342 e.